The summed E-state index contributed by atoms with van der Waals surface area (Å²) >= 11 is 3.56. The van der Waals surface area contributed by atoms with Gasteiger partial charge in [0.1, 0.15) is 0 Å². The van der Waals surface area contributed by atoms with E-state index in [1.165, 1.54) is 18.4 Å². The Bertz CT molecular complexity index is 585. The third-order valence-electron chi connectivity index (χ3n) is 3.22. The first-order valence-corrected chi connectivity index (χ1v) is 7.01. The van der Waals surface area contributed by atoms with Crippen LogP contribution in [0.15, 0.2) is 28.9 Å². The standard InChI is InChI=1S/C14H16BrN3/c1-9-3-4-11(7-13(9)15)17-14-16-10(2)8-18(14)12-5-6-12/h3-4,7-8,12H,5-6H2,1-2H3,(H,16,17). The van der Waals surface area contributed by atoms with E-state index < -0.39 is 0 Å². The van der Waals surface area contributed by atoms with Gasteiger partial charge < -0.3 is 9.88 Å². The van der Waals surface area contributed by atoms with Crippen molar-refractivity contribution in [2.24, 2.45) is 0 Å². The quantitative estimate of drug-likeness (QED) is 0.914. The number of aromatic nitrogens is 2. The Morgan fingerprint density at radius 2 is 2.11 bits per heavy atom. The zero-order valence-electron chi connectivity index (χ0n) is 10.6. The minimum Gasteiger partial charge on any atom is -0.326 e. The number of hydrogen-bond donors (Lipinski definition) is 1. The van der Waals surface area contributed by atoms with Crippen LogP contribution in [0.1, 0.15) is 30.1 Å². The summed E-state index contributed by atoms with van der Waals surface area (Å²) in [6.45, 7) is 4.12. The van der Waals surface area contributed by atoms with Crippen LogP contribution in [0.2, 0.25) is 0 Å². The van der Waals surface area contributed by atoms with Crippen LogP contribution in [-0.2, 0) is 0 Å². The number of aryl methyl sites for hydroxylation is 2. The summed E-state index contributed by atoms with van der Waals surface area (Å²) in [4.78, 5) is 4.56. The summed E-state index contributed by atoms with van der Waals surface area (Å²) in [5.74, 6) is 0.950. The van der Waals surface area contributed by atoms with Crippen LogP contribution in [0.4, 0.5) is 11.6 Å². The van der Waals surface area contributed by atoms with Crippen LogP contribution in [0.3, 0.4) is 0 Å². The minimum atomic E-state index is 0.641. The molecule has 0 aliphatic heterocycles. The topological polar surface area (TPSA) is 29.9 Å². The number of imidazole rings is 1. The number of anilines is 2. The number of benzene rings is 1. The lowest BCUT2D eigenvalue weighted by Crippen LogP contribution is -2.01. The van der Waals surface area contributed by atoms with Crippen LogP contribution in [-0.4, -0.2) is 9.55 Å². The largest absolute Gasteiger partial charge is 0.326 e. The van der Waals surface area contributed by atoms with Gasteiger partial charge in [0, 0.05) is 22.4 Å². The minimum absolute atomic E-state index is 0.641. The molecular formula is C14H16BrN3. The fourth-order valence-electron chi connectivity index (χ4n) is 2.04. The van der Waals surface area contributed by atoms with E-state index in [1.54, 1.807) is 0 Å². The zero-order chi connectivity index (χ0) is 12.7. The van der Waals surface area contributed by atoms with Gasteiger partial charge in [-0.05, 0) is 44.4 Å². The van der Waals surface area contributed by atoms with Crippen LogP contribution in [0.5, 0.6) is 0 Å². The first-order chi connectivity index (χ1) is 8.63. The second-order valence-corrected chi connectivity index (χ2v) is 5.79. The molecule has 3 nitrogen and oxygen atoms in total. The van der Waals surface area contributed by atoms with Gasteiger partial charge in [0.25, 0.3) is 0 Å². The van der Waals surface area contributed by atoms with Gasteiger partial charge in [-0.2, -0.15) is 0 Å². The van der Waals surface area contributed by atoms with E-state index in [0.29, 0.717) is 6.04 Å². The molecule has 1 heterocycles. The van der Waals surface area contributed by atoms with Crippen molar-refractivity contribution in [2.45, 2.75) is 32.7 Å². The average Bonchev–Trinajstić information content (AvgIpc) is 3.09. The molecule has 3 rings (SSSR count). The second-order valence-electron chi connectivity index (χ2n) is 4.93. The van der Waals surface area contributed by atoms with Crippen molar-refractivity contribution in [3.63, 3.8) is 0 Å². The molecule has 0 atom stereocenters. The van der Waals surface area contributed by atoms with Gasteiger partial charge in [0.2, 0.25) is 5.95 Å². The summed E-state index contributed by atoms with van der Waals surface area (Å²) in [5.41, 5.74) is 3.37. The van der Waals surface area contributed by atoms with E-state index in [9.17, 15) is 0 Å². The second kappa shape index (κ2) is 4.43. The molecule has 1 aliphatic carbocycles. The maximum absolute atomic E-state index is 4.56. The predicted molar refractivity (Wildman–Crippen MR) is 77.4 cm³/mol. The highest BCUT2D eigenvalue weighted by Gasteiger charge is 2.26. The van der Waals surface area contributed by atoms with Crippen molar-refractivity contribution >= 4 is 27.6 Å². The number of rotatable bonds is 3. The smallest absolute Gasteiger partial charge is 0.207 e. The SMILES string of the molecule is Cc1cn(C2CC2)c(Nc2ccc(C)c(Br)c2)n1. The first kappa shape index (κ1) is 11.8. The Balaban J connectivity index is 1.89. The lowest BCUT2D eigenvalue weighted by molar-refractivity contribution is 0.750. The number of hydrogen-bond acceptors (Lipinski definition) is 2. The van der Waals surface area contributed by atoms with Crippen molar-refractivity contribution in [1.29, 1.82) is 0 Å². The highest BCUT2D eigenvalue weighted by molar-refractivity contribution is 9.10. The van der Waals surface area contributed by atoms with E-state index in [0.717, 1.165) is 21.8 Å². The Kier molecular flexibility index (Phi) is 2.90. The van der Waals surface area contributed by atoms with Crippen molar-refractivity contribution < 1.29 is 0 Å². The van der Waals surface area contributed by atoms with Crippen LogP contribution < -0.4 is 5.32 Å². The third kappa shape index (κ3) is 2.29. The zero-order valence-corrected chi connectivity index (χ0v) is 12.2. The number of nitrogens with one attached hydrogen (secondary N) is 1. The molecule has 0 radical (unpaired) electrons. The highest BCUT2D eigenvalue weighted by Crippen LogP contribution is 2.38. The lowest BCUT2D eigenvalue weighted by atomic mass is 10.2. The maximum atomic E-state index is 4.56. The lowest BCUT2D eigenvalue weighted by Gasteiger charge is -2.09. The van der Waals surface area contributed by atoms with Gasteiger partial charge in [0.15, 0.2) is 0 Å². The summed E-state index contributed by atoms with van der Waals surface area (Å²) in [5, 5.41) is 3.40. The summed E-state index contributed by atoms with van der Waals surface area (Å²) < 4.78 is 3.37. The molecule has 1 aliphatic rings. The van der Waals surface area contributed by atoms with Crippen molar-refractivity contribution in [3.05, 3.63) is 40.1 Å². The van der Waals surface area contributed by atoms with Crippen LogP contribution >= 0.6 is 15.9 Å². The summed E-state index contributed by atoms with van der Waals surface area (Å²) in [6.07, 6.45) is 4.66. The van der Waals surface area contributed by atoms with Gasteiger partial charge in [-0.15, -0.1) is 0 Å². The third-order valence-corrected chi connectivity index (χ3v) is 4.08. The molecule has 4 heteroatoms. The number of halogens is 1. The molecule has 0 unspecified atom stereocenters. The molecular weight excluding hydrogens is 290 g/mol. The molecule has 94 valence electrons. The first-order valence-electron chi connectivity index (χ1n) is 6.22. The van der Waals surface area contributed by atoms with Crippen molar-refractivity contribution in [3.8, 4) is 0 Å². The Labute approximate surface area is 115 Å². The molecule has 0 spiro atoms. The van der Waals surface area contributed by atoms with Gasteiger partial charge >= 0.3 is 0 Å². The van der Waals surface area contributed by atoms with E-state index >= 15 is 0 Å². The molecule has 1 aromatic heterocycles. The van der Waals surface area contributed by atoms with Crippen molar-refractivity contribution in [2.75, 3.05) is 5.32 Å². The molecule has 18 heavy (non-hydrogen) atoms. The molecule has 1 aromatic carbocycles. The van der Waals surface area contributed by atoms with Gasteiger partial charge in [0.05, 0.1) is 5.69 Å². The van der Waals surface area contributed by atoms with E-state index in [1.807, 2.05) is 6.92 Å². The Morgan fingerprint density at radius 1 is 1.33 bits per heavy atom. The summed E-state index contributed by atoms with van der Waals surface area (Å²) in [7, 11) is 0. The van der Waals surface area contributed by atoms with Gasteiger partial charge in [-0.1, -0.05) is 22.0 Å². The molecule has 1 saturated carbocycles. The van der Waals surface area contributed by atoms with E-state index in [4.69, 9.17) is 0 Å². The fraction of sp³-hybridized carbons (Fsp3) is 0.357. The monoisotopic (exact) mass is 305 g/mol. The fourth-order valence-corrected chi connectivity index (χ4v) is 2.42. The van der Waals surface area contributed by atoms with E-state index in [2.05, 4.69) is 62.1 Å². The molecule has 0 bridgehead atoms. The molecule has 2 aromatic rings. The van der Waals surface area contributed by atoms with Crippen LogP contribution in [0.25, 0.3) is 0 Å². The average molecular weight is 306 g/mol. The van der Waals surface area contributed by atoms with Gasteiger partial charge in [-0.3, -0.25) is 0 Å². The Morgan fingerprint density at radius 3 is 2.78 bits per heavy atom. The number of nitrogens with zero attached hydrogens (tertiary/aromatic N) is 2. The summed E-state index contributed by atoms with van der Waals surface area (Å²) in [6, 6.07) is 6.92. The normalized spacial score (nSPS) is 14.8. The molecule has 1 fully saturated rings. The van der Waals surface area contributed by atoms with Crippen LogP contribution in [0, 0.1) is 13.8 Å². The van der Waals surface area contributed by atoms with E-state index in [-0.39, 0.29) is 0 Å². The van der Waals surface area contributed by atoms with Gasteiger partial charge in [-0.25, -0.2) is 4.98 Å². The molecule has 0 saturated heterocycles. The Hall–Kier alpha value is -1.29. The highest BCUT2D eigenvalue weighted by atomic mass is 79.9. The maximum Gasteiger partial charge on any atom is 0.207 e. The van der Waals surface area contributed by atoms with Crippen molar-refractivity contribution in [1.82, 2.24) is 9.55 Å². The predicted octanol–water partition coefficient (Wildman–Crippen LogP) is 4.34. The molecule has 1 N–H and O–H groups in total. The molecule has 0 amide bonds.